The second-order valence-electron chi connectivity index (χ2n) is 4.99. The van der Waals surface area contributed by atoms with Crippen LogP contribution in [0.25, 0.3) is 0 Å². The van der Waals surface area contributed by atoms with Crippen molar-refractivity contribution in [2.45, 2.75) is 12.8 Å². The van der Waals surface area contributed by atoms with E-state index in [9.17, 15) is 20.5 Å². The van der Waals surface area contributed by atoms with Gasteiger partial charge in [0.05, 0.1) is 10.8 Å². The second kappa shape index (κ2) is 5.03. The molecule has 3 rings (SSSR count). The molecule has 1 aliphatic rings. The number of rotatable bonds is 2. The largest absolute Gasteiger partial charge is 0.508 e. The van der Waals surface area contributed by atoms with Gasteiger partial charge in [0, 0.05) is 29.0 Å². The molecule has 0 radical (unpaired) electrons. The molecule has 1 atom stereocenters. The number of aryl methyl sites for hydroxylation is 1. The molecule has 0 aliphatic carbocycles. The molecule has 4 N–H and O–H groups in total. The average Bonchev–Trinajstić information content (AvgIpc) is 2.87. The molecule has 0 spiro atoms. The Bertz CT molecular complexity index is 893. The first kappa shape index (κ1) is 14.4. The van der Waals surface area contributed by atoms with Crippen LogP contribution in [-0.2, 0) is 0 Å². The minimum Gasteiger partial charge on any atom is -0.508 e. The molecule has 0 amide bonds. The molecule has 2 aromatic rings. The quantitative estimate of drug-likeness (QED) is 0.561. The molecule has 9 nitrogen and oxygen atoms in total. The Balaban J connectivity index is 2.29. The third-order valence-electron chi connectivity index (χ3n) is 3.66. The summed E-state index contributed by atoms with van der Waals surface area (Å²) in [6.45, 7) is 1.72. The maximum absolute atomic E-state index is 11.0. The number of nitro benzene ring substituents is 1. The molecule has 0 fully saturated rings. The van der Waals surface area contributed by atoms with Crippen molar-refractivity contribution < 1.29 is 14.8 Å². The van der Waals surface area contributed by atoms with Crippen LogP contribution in [0.2, 0.25) is 0 Å². The fourth-order valence-electron chi connectivity index (χ4n) is 2.60. The number of nitrogens with two attached hydrogens (primary N) is 1. The summed E-state index contributed by atoms with van der Waals surface area (Å²) in [6, 6.07) is 5.55. The first-order valence-corrected chi connectivity index (χ1v) is 6.53. The smallest absolute Gasteiger partial charge is 0.270 e. The number of non-ortho nitro benzene ring substituents is 1. The maximum Gasteiger partial charge on any atom is 0.270 e. The van der Waals surface area contributed by atoms with E-state index in [4.69, 9.17) is 10.5 Å². The number of nitro groups is 1. The highest BCUT2D eigenvalue weighted by atomic mass is 16.6. The van der Waals surface area contributed by atoms with Gasteiger partial charge in [0.1, 0.15) is 17.4 Å². The Kier molecular flexibility index (Phi) is 3.15. The monoisotopic (exact) mass is 313 g/mol. The number of hydrogen-bond acceptors (Lipinski definition) is 7. The van der Waals surface area contributed by atoms with Crippen LogP contribution in [0.5, 0.6) is 11.6 Å². The molecule has 0 saturated heterocycles. The molecule has 0 bridgehead atoms. The van der Waals surface area contributed by atoms with Crippen molar-refractivity contribution in [2.24, 2.45) is 5.73 Å². The van der Waals surface area contributed by atoms with Crippen molar-refractivity contribution in [3.8, 4) is 17.7 Å². The first-order valence-electron chi connectivity index (χ1n) is 6.53. The molecule has 1 aliphatic heterocycles. The number of phenols is 1. The first-order chi connectivity index (χ1) is 10.9. The van der Waals surface area contributed by atoms with Crippen molar-refractivity contribution in [1.82, 2.24) is 10.2 Å². The standard InChI is InChI=1S/C14H11N5O4/c1-6-11-12(8-4-7(19(21)22)2-3-10(8)20)9(5-15)13(16)23-14(11)18-17-6/h2-4,12,20H,16H2,1H3,(H,17,18)/t12-/m0/s1. The molecule has 1 aromatic heterocycles. The van der Waals surface area contributed by atoms with Crippen molar-refractivity contribution >= 4 is 5.69 Å². The molecule has 0 saturated carbocycles. The van der Waals surface area contributed by atoms with Gasteiger partial charge in [-0.2, -0.15) is 5.26 Å². The second-order valence-corrected chi connectivity index (χ2v) is 4.99. The Hall–Kier alpha value is -3.54. The van der Waals surface area contributed by atoms with Crippen molar-refractivity contribution in [3.05, 3.63) is 56.6 Å². The zero-order chi connectivity index (χ0) is 16.7. The number of fused-ring (bicyclic) bond motifs is 1. The van der Waals surface area contributed by atoms with Crippen LogP contribution in [0.1, 0.15) is 22.7 Å². The van der Waals surface area contributed by atoms with Gasteiger partial charge in [0.25, 0.3) is 5.69 Å². The normalized spacial score (nSPS) is 16.4. The molecule has 116 valence electrons. The third-order valence-corrected chi connectivity index (χ3v) is 3.66. The van der Waals surface area contributed by atoms with E-state index in [1.54, 1.807) is 6.92 Å². The fourth-order valence-corrected chi connectivity index (χ4v) is 2.60. The van der Waals surface area contributed by atoms with Crippen LogP contribution in [0, 0.1) is 28.4 Å². The van der Waals surface area contributed by atoms with Crippen LogP contribution in [0.4, 0.5) is 5.69 Å². The van der Waals surface area contributed by atoms with Gasteiger partial charge in [0.15, 0.2) is 0 Å². The van der Waals surface area contributed by atoms with Gasteiger partial charge in [-0.05, 0) is 13.0 Å². The van der Waals surface area contributed by atoms with E-state index in [0.29, 0.717) is 11.3 Å². The Morgan fingerprint density at radius 3 is 2.96 bits per heavy atom. The van der Waals surface area contributed by atoms with E-state index >= 15 is 0 Å². The summed E-state index contributed by atoms with van der Waals surface area (Å²) in [5, 5.41) is 37.2. The summed E-state index contributed by atoms with van der Waals surface area (Å²) in [4.78, 5) is 10.4. The number of nitrogens with zero attached hydrogens (tertiary/aromatic N) is 3. The number of aromatic amines is 1. The SMILES string of the molecule is Cc1[nH]nc2c1[C@@H](c1cc([N+](=O)[O-])ccc1O)C(C#N)=C(N)O2. The fraction of sp³-hybridized carbons (Fsp3) is 0.143. The number of aromatic nitrogens is 2. The van der Waals surface area contributed by atoms with Gasteiger partial charge in [0.2, 0.25) is 11.8 Å². The molecule has 2 heterocycles. The summed E-state index contributed by atoms with van der Waals surface area (Å²) in [7, 11) is 0. The number of nitrogens with one attached hydrogen (secondary N) is 1. The van der Waals surface area contributed by atoms with E-state index in [0.717, 1.165) is 0 Å². The molecular formula is C14H11N5O4. The van der Waals surface area contributed by atoms with Crippen LogP contribution >= 0.6 is 0 Å². The van der Waals surface area contributed by atoms with E-state index in [2.05, 4.69) is 10.2 Å². The third kappa shape index (κ3) is 2.13. The highest BCUT2D eigenvalue weighted by molar-refractivity contribution is 5.59. The molecule has 0 unspecified atom stereocenters. The average molecular weight is 313 g/mol. The number of phenolic OH excluding ortho intramolecular Hbond substituents is 1. The van der Waals surface area contributed by atoms with E-state index in [-0.39, 0.29) is 34.3 Å². The number of hydrogen-bond donors (Lipinski definition) is 3. The zero-order valence-corrected chi connectivity index (χ0v) is 11.9. The minimum atomic E-state index is -0.803. The molecular weight excluding hydrogens is 302 g/mol. The van der Waals surface area contributed by atoms with Gasteiger partial charge in [-0.1, -0.05) is 0 Å². The predicted octanol–water partition coefficient (Wildman–Crippen LogP) is 1.55. The predicted molar refractivity (Wildman–Crippen MR) is 77.4 cm³/mol. The van der Waals surface area contributed by atoms with Crippen molar-refractivity contribution in [1.29, 1.82) is 5.26 Å². The number of benzene rings is 1. The number of nitriles is 1. The molecule has 23 heavy (non-hydrogen) atoms. The summed E-state index contributed by atoms with van der Waals surface area (Å²) >= 11 is 0. The lowest BCUT2D eigenvalue weighted by Crippen LogP contribution is -2.21. The van der Waals surface area contributed by atoms with E-state index < -0.39 is 10.8 Å². The van der Waals surface area contributed by atoms with Crippen molar-refractivity contribution in [2.75, 3.05) is 0 Å². The lowest BCUT2D eigenvalue weighted by atomic mass is 9.83. The highest BCUT2D eigenvalue weighted by Crippen LogP contribution is 2.45. The number of H-pyrrole nitrogens is 1. The van der Waals surface area contributed by atoms with Gasteiger partial charge in [-0.15, -0.1) is 5.10 Å². The highest BCUT2D eigenvalue weighted by Gasteiger charge is 2.36. The molecule has 1 aromatic carbocycles. The van der Waals surface area contributed by atoms with Crippen LogP contribution < -0.4 is 10.5 Å². The summed E-state index contributed by atoms with van der Waals surface area (Å²) < 4.78 is 5.30. The summed E-state index contributed by atoms with van der Waals surface area (Å²) in [5.74, 6) is -0.964. The van der Waals surface area contributed by atoms with Crippen LogP contribution in [-0.4, -0.2) is 20.2 Å². The Morgan fingerprint density at radius 2 is 2.30 bits per heavy atom. The summed E-state index contributed by atoms with van der Waals surface area (Å²) in [6.07, 6.45) is 0. The Morgan fingerprint density at radius 1 is 1.57 bits per heavy atom. The van der Waals surface area contributed by atoms with Crippen LogP contribution in [0.3, 0.4) is 0 Å². The van der Waals surface area contributed by atoms with Gasteiger partial charge >= 0.3 is 0 Å². The summed E-state index contributed by atoms with van der Waals surface area (Å²) in [5.41, 5.74) is 6.90. The zero-order valence-electron chi connectivity index (χ0n) is 11.9. The van der Waals surface area contributed by atoms with Crippen molar-refractivity contribution in [3.63, 3.8) is 0 Å². The minimum absolute atomic E-state index is 0.0535. The number of aromatic hydroxyl groups is 1. The number of ether oxygens (including phenoxy) is 1. The lowest BCUT2D eigenvalue weighted by Gasteiger charge is -2.24. The lowest BCUT2D eigenvalue weighted by molar-refractivity contribution is -0.384. The van der Waals surface area contributed by atoms with Gasteiger partial charge < -0.3 is 15.6 Å². The van der Waals surface area contributed by atoms with Gasteiger partial charge in [-0.25, -0.2) is 0 Å². The molecule has 9 heteroatoms. The van der Waals surface area contributed by atoms with Gasteiger partial charge in [-0.3, -0.25) is 15.2 Å². The maximum atomic E-state index is 11.0. The Labute approximate surface area is 129 Å². The van der Waals surface area contributed by atoms with E-state index in [1.807, 2.05) is 6.07 Å². The van der Waals surface area contributed by atoms with Crippen LogP contribution in [0.15, 0.2) is 29.7 Å². The van der Waals surface area contributed by atoms with E-state index in [1.165, 1.54) is 18.2 Å². The topological polar surface area (TPSA) is 151 Å². The number of allylic oxidation sites excluding steroid dienone is 1.